The minimum Gasteiger partial charge on any atom is -0.378 e. The summed E-state index contributed by atoms with van der Waals surface area (Å²) in [6.45, 7) is 2.93. The van der Waals surface area contributed by atoms with Crippen molar-refractivity contribution in [2.45, 2.75) is 30.9 Å². The molecule has 0 aliphatic carbocycles. The van der Waals surface area contributed by atoms with Crippen LogP contribution in [-0.4, -0.2) is 49.7 Å². The number of hydrogen-bond donors (Lipinski definition) is 0. The molecular weight excluding hydrogens is 346 g/mol. The number of rotatable bonds is 6. The number of aromatic nitrogens is 2. The smallest absolute Gasteiger partial charge is 0.252 e. The molecule has 1 saturated heterocycles. The fraction of sp³-hybridized carbons (Fsp3) is 0.500. The number of hydrogen-bond acceptors (Lipinski definition) is 7. The summed E-state index contributed by atoms with van der Waals surface area (Å²) in [5.74, 6) is 0.577. The second-order valence-corrected chi connectivity index (χ2v) is 7.57. The third-order valence-electron chi connectivity index (χ3n) is 4.07. The van der Waals surface area contributed by atoms with Gasteiger partial charge >= 0.3 is 0 Å². The number of benzene rings is 1. The molecule has 2 aromatic rings. The molecule has 0 saturated carbocycles. The van der Waals surface area contributed by atoms with Crippen molar-refractivity contribution < 1.29 is 22.4 Å². The molecule has 1 atom stereocenters. The van der Waals surface area contributed by atoms with E-state index < -0.39 is 16.1 Å². The fourth-order valence-corrected chi connectivity index (χ4v) is 4.25. The molecule has 0 unspecified atom stereocenters. The van der Waals surface area contributed by atoms with E-state index in [-0.39, 0.29) is 30.5 Å². The molecule has 0 bridgehead atoms. The Hall–Kier alpha value is -1.81. The largest absolute Gasteiger partial charge is 0.378 e. The molecule has 9 heteroatoms. The van der Waals surface area contributed by atoms with Gasteiger partial charge in [-0.15, -0.1) is 0 Å². The van der Waals surface area contributed by atoms with Crippen molar-refractivity contribution in [1.82, 2.24) is 14.4 Å². The van der Waals surface area contributed by atoms with Crippen LogP contribution in [0.4, 0.5) is 0 Å². The zero-order valence-electron chi connectivity index (χ0n) is 14.2. The summed E-state index contributed by atoms with van der Waals surface area (Å²) in [4.78, 5) is 4.47. The zero-order chi connectivity index (χ0) is 17.9. The number of aryl methyl sites for hydroxylation is 1. The first kappa shape index (κ1) is 18.0. The summed E-state index contributed by atoms with van der Waals surface area (Å²) in [5.41, 5.74) is 1.08. The molecule has 0 amide bonds. The quantitative estimate of drug-likeness (QED) is 0.764. The predicted molar refractivity (Wildman–Crippen MR) is 88.3 cm³/mol. The lowest BCUT2D eigenvalue weighted by molar-refractivity contribution is 0.0282. The normalized spacial score (nSPS) is 19.2. The Bertz CT molecular complexity index is 803. The van der Waals surface area contributed by atoms with Gasteiger partial charge in [-0.3, -0.25) is 0 Å². The van der Waals surface area contributed by atoms with Crippen LogP contribution in [0.3, 0.4) is 0 Å². The maximum atomic E-state index is 13.1. The molecule has 0 radical (unpaired) electrons. The maximum Gasteiger partial charge on any atom is 0.252 e. The number of methoxy groups -OCH3 is 1. The van der Waals surface area contributed by atoms with E-state index in [4.69, 9.17) is 14.0 Å². The van der Waals surface area contributed by atoms with Crippen molar-refractivity contribution in [2.24, 2.45) is 0 Å². The highest BCUT2D eigenvalue weighted by atomic mass is 32.2. The Morgan fingerprint density at radius 1 is 1.32 bits per heavy atom. The third kappa shape index (κ3) is 3.74. The molecule has 3 rings (SSSR count). The van der Waals surface area contributed by atoms with Gasteiger partial charge < -0.3 is 14.0 Å². The van der Waals surface area contributed by atoms with Crippen molar-refractivity contribution in [1.29, 1.82) is 0 Å². The van der Waals surface area contributed by atoms with Crippen LogP contribution in [0.25, 0.3) is 0 Å². The lowest BCUT2D eigenvalue weighted by Crippen LogP contribution is -2.43. The molecule has 0 spiro atoms. The van der Waals surface area contributed by atoms with Gasteiger partial charge in [0.15, 0.2) is 5.82 Å². The zero-order valence-corrected chi connectivity index (χ0v) is 15.0. The molecule has 2 heterocycles. The van der Waals surface area contributed by atoms with Gasteiger partial charge in [0.25, 0.3) is 5.89 Å². The molecule has 1 fully saturated rings. The molecule has 1 aromatic heterocycles. The van der Waals surface area contributed by atoms with E-state index >= 15 is 0 Å². The van der Waals surface area contributed by atoms with Gasteiger partial charge in [0, 0.05) is 13.7 Å². The summed E-state index contributed by atoms with van der Waals surface area (Å²) in [5, 5.41) is 3.89. The van der Waals surface area contributed by atoms with Crippen LogP contribution >= 0.6 is 0 Å². The molecular formula is C16H21N3O5S. The van der Waals surface area contributed by atoms with E-state index in [2.05, 4.69) is 10.1 Å². The van der Waals surface area contributed by atoms with Crippen molar-refractivity contribution in [3.8, 4) is 0 Å². The van der Waals surface area contributed by atoms with Gasteiger partial charge in [-0.05, 0) is 24.1 Å². The molecule has 8 nitrogen and oxygen atoms in total. The number of ether oxygens (including phenoxy) is 2. The van der Waals surface area contributed by atoms with Crippen LogP contribution in [0.2, 0.25) is 0 Å². The fourth-order valence-electron chi connectivity index (χ4n) is 2.70. The highest BCUT2D eigenvalue weighted by molar-refractivity contribution is 7.89. The van der Waals surface area contributed by atoms with Crippen molar-refractivity contribution in [2.75, 3.05) is 26.9 Å². The second kappa shape index (κ2) is 7.61. The topological polar surface area (TPSA) is 94.8 Å². The van der Waals surface area contributed by atoms with E-state index in [9.17, 15) is 8.42 Å². The first-order chi connectivity index (χ1) is 12.1. The van der Waals surface area contributed by atoms with Gasteiger partial charge in [-0.25, -0.2) is 8.42 Å². The second-order valence-electron chi connectivity index (χ2n) is 5.68. The molecule has 1 aromatic carbocycles. The summed E-state index contributed by atoms with van der Waals surface area (Å²) in [6.07, 6.45) is 0.853. The highest BCUT2D eigenvalue weighted by Crippen LogP contribution is 2.29. The van der Waals surface area contributed by atoms with Crippen LogP contribution in [0, 0.1) is 0 Å². The standard InChI is InChI=1S/C16H21N3O5S/c1-3-12-4-6-13(7-5-12)25(20,21)19-8-9-23-10-14(19)16-17-15(11-22-2)24-18-16/h4-7,14H,3,8-11H2,1-2H3/t14-/m0/s1. The average Bonchev–Trinajstić information content (AvgIpc) is 3.10. The third-order valence-corrected chi connectivity index (χ3v) is 5.99. The van der Waals surface area contributed by atoms with Crippen LogP contribution in [0.15, 0.2) is 33.7 Å². The summed E-state index contributed by atoms with van der Waals surface area (Å²) >= 11 is 0. The van der Waals surface area contributed by atoms with Gasteiger partial charge in [-0.1, -0.05) is 24.2 Å². The lowest BCUT2D eigenvalue weighted by atomic mass is 10.2. The highest BCUT2D eigenvalue weighted by Gasteiger charge is 2.37. The Labute approximate surface area is 146 Å². The van der Waals surface area contributed by atoms with Crippen LogP contribution in [0.1, 0.15) is 30.2 Å². The van der Waals surface area contributed by atoms with E-state index in [1.54, 1.807) is 12.1 Å². The molecule has 25 heavy (non-hydrogen) atoms. The summed E-state index contributed by atoms with van der Waals surface area (Å²) < 4.78 is 43.0. The van der Waals surface area contributed by atoms with E-state index in [0.29, 0.717) is 12.5 Å². The van der Waals surface area contributed by atoms with E-state index in [1.165, 1.54) is 11.4 Å². The Morgan fingerprint density at radius 3 is 2.76 bits per heavy atom. The van der Waals surface area contributed by atoms with Crippen LogP contribution in [0.5, 0.6) is 0 Å². The first-order valence-electron chi connectivity index (χ1n) is 8.06. The van der Waals surface area contributed by atoms with Crippen molar-refractivity contribution in [3.63, 3.8) is 0 Å². The lowest BCUT2D eigenvalue weighted by Gasteiger charge is -2.32. The monoisotopic (exact) mass is 367 g/mol. The van der Waals surface area contributed by atoms with Gasteiger partial charge in [-0.2, -0.15) is 9.29 Å². The molecule has 0 N–H and O–H groups in total. The Balaban J connectivity index is 1.90. The van der Waals surface area contributed by atoms with Gasteiger partial charge in [0.1, 0.15) is 12.6 Å². The van der Waals surface area contributed by atoms with Gasteiger partial charge in [0.2, 0.25) is 10.0 Å². The number of nitrogens with zero attached hydrogens (tertiary/aromatic N) is 3. The van der Waals surface area contributed by atoms with Crippen molar-refractivity contribution in [3.05, 3.63) is 41.5 Å². The van der Waals surface area contributed by atoms with Crippen LogP contribution in [-0.2, 0) is 32.5 Å². The molecule has 1 aliphatic heterocycles. The van der Waals surface area contributed by atoms with E-state index in [0.717, 1.165) is 12.0 Å². The summed E-state index contributed by atoms with van der Waals surface area (Å²) in [6, 6.07) is 6.29. The number of sulfonamides is 1. The van der Waals surface area contributed by atoms with Gasteiger partial charge in [0.05, 0.1) is 18.1 Å². The average molecular weight is 367 g/mol. The minimum absolute atomic E-state index is 0.172. The van der Waals surface area contributed by atoms with Crippen molar-refractivity contribution >= 4 is 10.0 Å². The predicted octanol–water partition coefficient (Wildman–Crippen LogP) is 1.54. The first-order valence-corrected chi connectivity index (χ1v) is 9.50. The van der Waals surface area contributed by atoms with Crippen LogP contribution < -0.4 is 0 Å². The summed E-state index contributed by atoms with van der Waals surface area (Å²) in [7, 11) is -2.17. The Morgan fingerprint density at radius 2 is 2.08 bits per heavy atom. The Kier molecular flexibility index (Phi) is 5.48. The maximum absolute atomic E-state index is 13.1. The minimum atomic E-state index is -3.69. The SMILES string of the molecule is CCc1ccc(S(=O)(=O)N2CCOC[C@H]2c2noc(COC)n2)cc1. The molecule has 1 aliphatic rings. The molecule has 136 valence electrons. The van der Waals surface area contributed by atoms with E-state index in [1.807, 2.05) is 19.1 Å². The number of morpholine rings is 1.